The van der Waals surface area contributed by atoms with Gasteiger partial charge in [-0.05, 0) is 36.6 Å². The Balaban J connectivity index is 0.00000420. The number of amides is 3. The van der Waals surface area contributed by atoms with Crippen molar-refractivity contribution in [1.29, 1.82) is 0 Å². The lowest BCUT2D eigenvalue weighted by atomic mass is 10.1. The molecule has 0 spiro atoms. The second kappa shape index (κ2) is 13.7. The van der Waals surface area contributed by atoms with Gasteiger partial charge < -0.3 is 14.3 Å². The third-order valence-corrected chi connectivity index (χ3v) is 6.56. The minimum absolute atomic E-state index is 0. The molecule has 4 rings (SSSR count). The summed E-state index contributed by atoms with van der Waals surface area (Å²) in [5.41, 5.74) is 3.23. The molecule has 10 nitrogen and oxygen atoms in total. The number of methoxy groups -OCH3 is 1. The van der Waals surface area contributed by atoms with E-state index in [4.69, 9.17) is 4.74 Å². The first-order valence-corrected chi connectivity index (χ1v) is 13.0. The number of carbonyl (C=O) groups excluding carboxylic acids is 3. The summed E-state index contributed by atoms with van der Waals surface area (Å²) < 4.78 is 6.87. The Morgan fingerprint density at radius 1 is 1.03 bits per heavy atom. The van der Waals surface area contributed by atoms with Gasteiger partial charge in [-0.3, -0.25) is 14.6 Å². The zero-order chi connectivity index (χ0) is 27.1. The number of H-pyrrole nitrogens is 1. The molecule has 1 aliphatic rings. The van der Waals surface area contributed by atoms with Gasteiger partial charge in [0.1, 0.15) is 11.5 Å². The Kier molecular flexibility index (Phi) is 10.4. The number of aryl methyl sites for hydroxylation is 1. The summed E-state index contributed by atoms with van der Waals surface area (Å²) in [6.07, 6.45) is 11.1. The molecule has 2 aromatic heterocycles. The Morgan fingerprint density at radius 3 is 2.41 bits per heavy atom. The van der Waals surface area contributed by atoms with Crippen molar-refractivity contribution < 1.29 is 19.1 Å². The van der Waals surface area contributed by atoms with E-state index in [1.165, 1.54) is 16.9 Å². The van der Waals surface area contributed by atoms with Crippen LogP contribution in [0.15, 0.2) is 48.7 Å². The number of hydrogen-bond acceptors (Lipinski definition) is 6. The first-order chi connectivity index (χ1) is 18.5. The van der Waals surface area contributed by atoms with Crippen LogP contribution < -0.4 is 0 Å². The van der Waals surface area contributed by atoms with Gasteiger partial charge in [0.2, 0.25) is 0 Å². The summed E-state index contributed by atoms with van der Waals surface area (Å²) in [4.78, 5) is 53.1. The number of esters is 1. The fourth-order valence-electron chi connectivity index (χ4n) is 4.38. The van der Waals surface area contributed by atoms with Gasteiger partial charge in [0.15, 0.2) is 0 Å². The largest absolute Gasteiger partial charge is 0.465 e. The lowest BCUT2D eigenvalue weighted by Gasteiger charge is -2.16. The highest BCUT2D eigenvalue weighted by Gasteiger charge is 2.40. The van der Waals surface area contributed by atoms with Crippen LogP contribution in [0.1, 0.15) is 72.7 Å². The minimum Gasteiger partial charge on any atom is -0.465 e. The maximum absolute atomic E-state index is 13.4. The predicted molar refractivity (Wildman–Crippen MR) is 149 cm³/mol. The molecule has 0 unspecified atom stereocenters. The van der Waals surface area contributed by atoms with E-state index in [-0.39, 0.29) is 36.9 Å². The number of benzene rings is 1. The van der Waals surface area contributed by atoms with Crippen molar-refractivity contribution in [2.75, 3.05) is 13.7 Å². The molecule has 0 bridgehead atoms. The van der Waals surface area contributed by atoms with Crippen LogP contribution in [0.5, 0.6) is 0 Å². The minimum atomic E-state index is -0.386. The summed E-state index contributed by atoms with van der Waals surface area (Å²) in [5.74, 6) is 0.200. The number of carbonyl (C=O) groups is 3. The highest BCUT2D eigenvalue weighted by molar-refractivity contribution is 6.13. The molecule has 3 heterocycles. The van der Waals surface area contributed by atoms with E-state index in [2.05, 4.69) is 26.4 Å². The van der Waals surface area contributed by atoms with Crippen LogP contribution in [0.3, 0.4) is 0 Å². The number of unbranched alkanes of at least 4 members (excludes halogenated alkanes) is 2. The van der Waals surface area contributed by atoms with Gasteiger partial charge in [0.25, 0.3) is 5.91 Å². The van der Waals surface area contributed by atoms with E-state index in [0.717, 1.165) is 54.9 Å². The maximum Gasteiger partial charge on any atom is 0.337 e. The van der Waals surface area contributed by atoms with E-state index in [1.54, 1.807) is 36.9 Å². The topological polar surface area (TPSA) is 113 Å². The normalized spacial score (nSPS) is 14.3. The van der Waals surface area contributed by atoms with Crippen LogP contribution in [0.25, 0.3) is 6.08 Å². The van der Waals surface area contributed by atoms with Gasteiger partial charge >= 0.3 is 12.0 Å². The van der Waals surface area contributed by atoms with Gasteiger partial charge in [-0.25, -0.2) is 19.6 Å². The zero-order valence-corrected chi connectivity index (χ0v) is 23.4. The molecule has 11 heteroatoms. The fraction of sp³-hybridized carbons (Fsp3) is 0.393. The van der Waals surface area contributed by atoms with Crippen molar-refractivity contribution in [2.45, 2.75) is 59.0 Å². The average Bonchev–Trinajstić information content (AvgIpc) is 3.63. The molecule has 0 saturated carbocycles. The number of hydrogen-bond donors (Lipinski definition) is 1. The SMILES string of the molecule is CCCCc1ncc(C=C2C(=O)N(CCCC)C(=O)N2Cc2cnc[nH]2)n1Cc1ccc(C(=O)OC)cc1.Cl. The summed E-state index contributed by atoms with van der Waals surface area (Å²) >= 11 is 0. The number of aromatic nitrogens is 4. The first-order valence-electron chi connectivity index (χ1n) is 13.0. The zero-order valence-electron chi connectivity index (χ0n) is 22.6. The molecule has 3 amide bonds. The van der Waals surface area contributed by atoms with E-state index >= 15 is 0 Å². The second-order valence-corrected chi connectivity index (χ2v) is 9.26. The third-order valence-electron chi connectivity index (χ3n) is 6.56. The van der Waals surface area contributed by atoms with Gasteiger partial charge in [-0.15, -0.1) is 12.4 Å². The van der Waals surface area contributed by atoms with Crippen molar-refractivity contribution in [3.8, 4) is 0 Å². The summed E-state index contributed by atoms with van der Waals surface area (Å²) in [6, 6.07) is 6.90. The standard InChI is InChI=1S/C28H34N6O4.ClH/c1-4-6-8-25-30-16-23(33(25)17-20-9-11-21(12-10-20)27(36)38-3)14-24-26(35)32(13-7-5-2)28(37)34(24)18-22-15-29-19-31-22;/h9-12,14-16,19H,4-8,13,17-18H2,1-3H3,(H,29,31);1H. The van der Waals surface area contributed by atoms with Crippen LogP contribution in [0.2, 0.25) is 0 Å². The van der Waals surface area contributed by atoms with Crippen LogP contribution in [-0.4, -0.2) is 60.9 Å². The molecule has 1 fully saturated rings. The molecule has 1 N–H and O–H groups in total. The highest BCUT2D eigenvalue weighted by Crippen LogP contribution is 2.27. The third kappa shape index (κ3) is 6.75. The smallest absolute Gasteiger partial charge is 0.337 e. The molecular formula is C28H35ClN6O4. The van der Waals surface area contributed by atoms with Crippen molar-refractivity contribution in [3.63, 3.8) is 0 Å². The molecule has 3 aromatic rings. The van der Waals surface area contributed by atoms with Crippen molar-refractivity contribution in [3.05, 3.63) is 77.0 Å². The molecule has 1 aliphatic heterocycles. The maximum atomic E-state index is 13.4. The molecule has 0 aliphatic carbocycles. The molecule has 1 aromatic carbocycles. The summed E-state index contributed by atoms with van der Waals surface area (Å²) in [7, 11) is 1.36. The van der Waals surface area contributed by atoms with Gasteiger partial charge in [-0.2, -0.15) is 0 Å². The van der Waals surface area contributed by atoms with Crippen LogP contribution in [0, 0.1) is 0 Å². The van der Waals surface area contributed by atoms with Crippen LogP contribution in [0.4, 0.5) is 4.79 Å². The number of imide groups is 1. The lowest BCUT2D eigenvalue weighted by Crippen LogP contribution is -2.33. The van der Waals surface area contributed by atoms with Gasteiger partial charge in [0.05, 0.1) is 43.1 Å². The quantitative estimate of drug-likeness (QED) is 0.195. The molecule has 0 radical (unpaired) electrons. The predicted octanol–water partition coefficient (Wildman–Crippen LogP) is 4.81. The van der Waals surface area contributed by atoms with Gasteiger partial charge in [-0.1, -0.05) is 38.8 Å². The van der Waals surface area contributed by atoms with E-state index in [0.29, 0.717) is 24.4 Å². The Hall–Kier alpha value is -3.92. The van der Waals surface area contributed by atoms with E-state index in [1.807, 2.05) is 19.1 Å². The summed E-state index contributed by atoms with van der Waals surface area (Å²) in [5, 5.41) is 0. The number of halogens is 1. The number of nitrogens with one attached hydrogen (secondary N) is 1. The van der Waals surface area contributed by atoms with Crippen molar-refractivity contribution in [2.24, 2.45) is 0 Å². The highest BCUT2D eigenvalue weighted by atomic mass is 35.5. The van der Waals surface area contributed by atoms with Crippen LogP contribution >= 0.6 is 12.4 Å². The number of imidazole rings is 2. The van der Waals surface area contributed by atoms with E-state index < -0.39 is 0 Å². The van der Waals surface area contributed by atoms with Crippen molar-refractivity contribution in [1.82, 2.24) is 29.3 Å². The number of aromatic amines is 1. The molecule has 39 heavy (non-hydrogen) atoms. The van der Waals surface area contributed by atoms with Gasteiger partial charge in [0, 0.05) is 25.7 Å². The Labute approximate surface area is 234 Å². The molecule has 0 atom stereocenters. The monoisotopic (exact) mass is 554 g/mol. The molecule has 1 saturated heterocycles. The number of nitrogens with zero attached hydrogens (tertiary/aromatic N) is 5. The number of ether oxygens (including phenoxy) is 1. The average molecular weight is 555 g/mol. The number of rotatable bonds is 12. The summed E-state index contributed by atoms with van der Waals surface area (Å²) in [6.45, 7) is 5.24. The Bertz CT molecular complexity index is 1300. The van der Waals surface area contributed by atoms with Crippen molar-refractivity contribution >= 4 is 36.4 Å². The van der Waals surface area contributed by atoms with E-state index in [9.17, 15) is 14.4 Å². The number of urea groups is 1. The fourth-order valence-corrected chi connectivity index (χ4v) is 4.38. The lowest BCUT2D eigenvalue weighted by molar-refractivity contribution is -0.123. The first kappa shape index (κ1) is 29.6. The Morgan fingerprint density at radius 2 is 1.77 bits per heavy atom. The molecule has 208 valence electrons. The second-order valence-electron chi connectivity index (χ2n) is 9.26. The van der Waals surface area contributed by atoms with Crippen LogP contribution in [-0.2, 0) is 29.0 Å². The molecular weight excluding hydrogens is 520 g/mol.